The first-order valence-electron chi connectivity index (χ1n) is 20.3. The average molecular weight is 757 g/mol. The van der Waals surface area contributed by atoms with Gasteiger partial charge in [0.25, 0.3) is 0 Å². The van der Waals surface area contributed by atoms with Gasteiger partial charge in [-0.15, -0.1) is 0 Å². The van der Waals surface area contributed by atoms with Crippen molar-refractivity contribution in [1.82, 2.24) is 0 Å². The van der Waals surface area contributed by atoms with Crippen LogP contribution in [-0.2, 0) is 18.9 Å². The summed E-state index contributed by atoms with van der Waals surface area (Å²) in [5, 5.41) is 96.1. The normalized spacial score (nSPS) is 55.0. The SMILES string of the molecule is CC(CCC(O)C(C)(C)O)C1C(O)CC2(C)C3CCC4C(C)(CO)C(OC5OCC(O)C(O)C5OC5OCC(O)C(O)C5O)CCC45CC35CCC12C. The van der Waals surface area contributed by atoms with Crippen molar-refractivity contribution in [2.45, 2.75) is 179 Å². The Labute approximate surface area is 314 Å². The Balaban J connectivity index is 1.08. The lowest BCUT2D eigenvalue weighted by molar-refractivity contribution is -0.356. The summed E-state index contributed by atoms with van der Waals surface area (Å²) in [6, 6.07) is 0. The Morgan fingerprint density at radius 3 is 2.02 bits per heavy atom. The Morgan fingerprint density at radius 1 is 0.736 bits per heavy atom. The summed E-state index contributed by atoms with van der Waals surface area (Å²) in [7, 11) is 0. The van der Waals surface area contributed by atoms with Gasteiger partial charge in [0.15, 0.2) is 12.6 Å². The lowest BCUT2D eigenvalue weighted by atomic mass is 9.41. The van der Waals surface area contributed by atoms with E-state index in [1.54, 1.807) is 13.8 Å². The molecule has 2 spiro atoms. The van der Waals surface area contributed by atoms with E-state index in [4.69, 9.17) is 18.9 Å². The Kier molecular flexibility index (Phi) is 10.6. The zero-order chi connectivity index (χ0) is 38.7. The van der Waals surface area contributed by atoms with Gasteiger partial charge in [0.2, 0.25) is 0 Å². The summed E-state index contributed by atoms with van der Waals surface area (Å²) in [5.41, 5.74) is -1.78. The van der Waals surface area contributed by atoms with Crippen LogP contribution in [0.15, 0.2) is 0 Å². The lowest BCUT2D eigenvalue weighted by Crippen LogP contribution is -2.63. The third-order valence-corrected chi connectivity index (χ3v) is 17.0. The maximum atomic E-state index is 11.8. The molecule has 7 aliphatic rings. The van der Waals surface area contributed by atoms with Crippen molar-refractivity contribution in [3.63, 3.8) is 0 Å². The van der Waals surface area contributed by atoms with E-state index in [-0.39, 0.29) is 59.2 Å². The molecule has 0 amide bonds. The van der Waals surface area contributed by atoms with E-state index in [2.05, 4.69) is 27.7 Å². The number of aliphatic hydroxyl groups is 9. The molecule has 13 heteroatoms. The minimum absolute atomic E-state index is 0.0408. The van der Waals surface area contributed by atoms with E-state index in [0.29, 0.717) is 18.8 Å². The zero-order valence-electron chi connectivity index (χ0n) is 32.5. The molecule has 0 radical (unpaired) electrons. The largest absolute Gasteiger partial charge is 0.396 e. The molecule has 7 rings (SSSR count). The van der Waals surface area contributed by atoms with E-state index in [0.717, 1.165) is 51.4 Å². The zero-order valence-corrected chi connectivity index (χ0v) is 32.5. The molecule has 306 valence electrons. The molecule has 20 unspecified atom stereocenters. The molecule has 9 N–H and O–H groups in total. The third kappa shape index (κ3) is 6.04. The van der Waals surface area contributed by atoms with Gasteiger partial charge in [-0.2, -0.15) is 0 Å². The monoisotopic (exact) mass is 756 g/mol. The number of fused-ring (bicyclic) bond motifs is 2. The minimum Gasteiger partial charge on any atom is -0.396 e. The van der Waals surface area contributed by atoms with Crippen LogP contribution in [0.4, 0.5) is 0 Å². The predicted octanol–water partition coefficient (Wildman–Crippen LogP) is 1.20. The molecule has 53 heavy (non-hydrogen) atoms. The van der Waals surface area contributed by atoms with Crippen LogP contribution in [0, 0.1) is 50.7 Å². The van der Waals surface area contributed by atoms with Crippen molar-refractivity contribution in [3.8, 4) is 0 Å². The van der Waals surface area contributed by atoms with Crippen molar-refractivity contribution in [2.75, 3.05) is 19.8 Å². The van der Waals surface area contributed by atoms with Gasteiger partial charge in [-0.1, -0.05) is 27.7 Å². The van der Waals surface area contributed by atoms with E-state index in [1.165, 1.54) is 0 Å². The molecular weight excluding hydrogens is 688 g/mol. The minimum atomic E-state index is -1.60. The number of hydrogen-bond acceptors (Lipinski definition) is 13. The van der Waals surface area contributed by atoms with E-state index in [9.17, 15) is 46.0 Å². The molecule has 2 aliphatic heterocycles. The molecule has 13 nitrogen and oxygen atoms in total. The average Bonchev–Trinajstić information content (AvgIpc) is 3.71. The first kappa shape index (κ1) is 40.7. The van der Waals surface area contributed by atoms with Gasteiger partial charge in [0.05, 0.1) is 43.7 Å². The van der Waals surface area contributed by atoms with Crippen LogP contribution in [0.2, 0.25) is 0 Å². The van der Waals surface area contributed by atoms with Gasteiger partial charge in [-0.05, 0) is 123 Å². The fourth-order valence-corrected chi connectivity index (χ4v) is 13.9. The maximum absolute atomic E-state index is 11.8. The summed E-state index contributed by atoms with van der Waals surface area (Å²) in [6.07, 6.45) is -4.04. The van der Waals surface area contributed by atoms with Gasteiger partial charge in [-0.3, -0.25) is 0 Å². The predicted molar refractivity (Wildman–Crippen MR) is 190 cm³/mol. The Hall–Kier alpha value is -0.520. The molecule has 5 aliphatic carbocycles. The van der Waals surface area contributed by atoms with Crippen molar-refractivity contribution >= 4 is 0 Å². The summed E-state index contributed by atoms with van der Waals surface area (Å²) >= 11 is 0. The summed E-state index contributed by atoms with van der Waals surface area (Å²) in [4.78, 5) is 0. The van der Waals surface area contributed by atoms with Crippen molar-refractivity contribution < 1.29 is 64.9 Å². The Morgan fingerprint density at radius 2 is 1.36 bits per heavy atom. The molecule has 7 fully saturated rings. The van der Waals surface area contributed by atoms with Gasteiger partial charge >= 0.3 is 0 Å². The van der Waals surface area contributed by atoms with Gasteiger partial charge in [-0.25, -0.2) is 0 Å². The van der Waals surface area contributed by atoms with Crippen LogP contribution in [0.3, 0.4) is 0 Å². The number of rotatable bonds is 10. The topological polar surface area (TPSA) is 219 Å². The van der Waals surface area contributed by atoms with E-state index in [1.807, 2.05) is 0 Å². The van der Waals surface area contributed by atoms with E-state index >= 15 is 0 Å². The van der Waals surface area contributed by atoms with Crippen LogP contribution in [0.1, 0.15) is 106 Å². The highest BCUT2D eigenvalue weighted by atomic mass is 16.7. The highest BCUT2D eigenvalue weighted by Crippen LogP contribution is 2.89. The molecule has 5 saturated carbocycles. The van der Waals surface area contributed by atoms with Gasteiger partial charge in [0.1, 0.15) is 36.6 Å². The van der Waals surface area contributed by atoms with Crippen LogP contribution in [0.5, 0.6) is 0 Å². The summed E-state index contributed by atoms with van der Waals surface area (Å²) in [5.74, 6) is 0.903. The fraction of sp³-hybridized carbons (Fsp3) is 1.00. The number of aliphatic hydroxyl groups excluding tert-OH is 8. The van der Waals surface area contributed by atoms with E-state index < -0.39 is 78.5 Å². The summed E-state index contributed by atoms with van der Waals surface area (Å²) < 4.78 is 24.0. The van der Waals surface area contributed by atoms with Crippen LogP contribution < -0.4 is 0 Å². The second kappa shape index (κ2) is 13.8. The second-order valence-electron chi connectivity index (χ2n) is 20.0. The highest BCUT2D eigenvalue weighted by Gasteiger charge is 2.83. The first-order valence-corrected chi connectivity index (χ1v) is 20.3. The third-order valence-electron chi connectivity index (χ3n) is 17.0. The first-order chi connectivity index (χ1) is 24.7. The molecule has 0 bridgehead atoms. The van der Waals surface area contributed by atoms with Gasteiger partial charge < -0.3 is 64.9 Å². The fourth-order valence-electron chi connectivity index (χ4n) is 13.9. The summed E-state index contributed by atoms with van der Waals surface area (Å²) in [6.45, 7) is 11.8. The molecule has 2 saturated heterocycles. The molecular formula is C40H68O13. The van der Waals surface area contributed by atoms with Crippen LogP contribution in [0.25, 0.3) is 0 Å². The standard InChI is InChI=1S/C40H68O13/c1-20(7-10-26(45)35(2,3)49)28-21(42)15-38(6)25-9-8-24-36(4,19-41)27(11-12-39(24)18-40(25,39)14-13-37(28,38)5)52-34-32(30(47)23(44)17-51-34)53-33-31(48)29(46)22(43)16-50-33/h20-34,41-49H,7-19H2,1-6H3. The molecule has 2 heterocycles. The van der Waals surface area contributed by atoms with Crippen molar-refractivity contribution in [2.24, 2.45) is 50.7 Å². The molecule has 0 aromatic carbocycles. The maximum Gasteiger partial charge on any atom is 0.186 e. The highest BCUT2D eigenvalue weighted by molar-refractivity contribution is 5.31. The lowest BCUT2D eigenvalue weighted by Gasteiger charge is -2.63. The Bertz CT molecular complexity index is 1330. The van der Waals surface area contributed by atoms with Crippen LogP contribution >= 0.6 is 0 Å². The molecule has 0 aromatic rings. The number of hydrogen-bond donors (Lipinski definition) is 9. The van der Waals surface area contributed by atoms with Gasteiger partial charge in [0, 0.05) is 5.41 Å². The number of ether oxygens (including phenoxy) is 4. The smallest absolute Gasteiger partial charge is 0.186 e. The quantitative estimate of drug-likeness (QED) is 0.143. The van der Waals surface area contributed by atoms with Crippen LogP contribution in [-0.4, -0.2) is 139 Å². The van der Waals surface area contributed by atoms with Crippen molar-refractivity contribution in [3.05, 3.63) is 0 Å². The van der Waals surface area contributed by atoms with Crippen molar-refractivity contribution in [1.29, 1.82) is 0 Å². The molecule has 0 aromatic heterocycles. The second-order valence-corrected chi connectivity index (χ2v) is 20.0. The molecule has 20 atom stereocenters.